The van der Waals surface area contributed by atoms with Gasteiger partial charge >= 0.3 is 0 Å². The standard InChI is InChI=1S/C29H58O3/c1-15-26(11,12)24(30)28(14,18-4)31-22(7)23(21-27(13,16-2)17-3)32-29(19-5,20-6)25(8,9)10/h22-23H,15-21H2,1-14H3. The molecule has 0 N–H and O–H groups in total. The van der Waals surface area contributed by atoms with Gasteiger partial charge < -0.3 is 9.47 Å². The van der Waals surface area contributed by atoms with Crippen LogP contribution in [-0.4, -0.2) is 29.2 Å². The minimum absolute atomic E-state index is 0.0113. The highest BCUT2D eigenvalue weighted by Crippen LogP contribution is 2.44. The Morgan fingerprint density at radius 2 is 1.16 bits per heavy atom. The van der Waals surface area contributed by atoms with Gasteiger partial charge in [0.2, 0.25) is 0 Å². The van der Waals surface area contributed by atoms with Crippen molar-refractivity contribution in [2.45, 2.75) is 165 Å². The number of hydrogen-bond donors (Lipinski definition) is 0. The summed E-state index contributed by atoms with van der Waals surface area (Å²) in [6, 6.07) is 0. The quantitative estimate of drug-likeness (QED) is 0.248. The molecule has 0 bridgehead atoms. The molecule has 0 aliphatic carbocycles. The van der Waals surface area contributed by atoms with Gasteiger partial charge in [-0.05, 0) is 56.8 Å². The van der Waals surface area contributed by atoms with Crippen molar-refractivity contribution in [1.82, 2.24) is 0 Å². The lowest BCUT2D eigenvalue weighted by molar-refractivity contribution is -0.218. The fourth-order valence-electron chi connectivity index (χ4n) is 4.93. The first-order valence-corrected chi connectivity index (χ1v) is 13.4. The average Bonchev–Trinajstić information content (AvgIpc) is 2.74. The molecule has 0 aromatic carbocycles. The maximum absolute atomic E-state index is 13.5. The van der Waals surface area contributed by atoms with Gasteiger partial charge in [0.05, 0.1) is 17.8 Å². The van der Waals surface area contributed by atoms with E-state index in [4.69, 9.17) is 9.47 Å². The summed E-state index contributed by atoms with van der Waals surface area (Å²) in [5.74, 6) is 0.197. The number of rotatable bonds is 15. The second kappa shape index (κ2) is 11.8. The highest BCUT2D eigenvalue weighted by Gasteiger charge is 2.47. The van der Waals surface area contributed by atoms with E-state index in [0.29, 0.717) is 6.42 Å². The minimum Gasteiger partial charge on any atom is -0.369 e. The largest absolute Gasteiger partial charge is 0.369 e. The van der Waals surface area contributed by atoms with E-state index in [1.165, 1.54) is 0 Å². The summed E-state index contributed by atoms with van der Waals surface area (Å²) in [6.07, 6.45) is 6.28. The highest BCUT2D eigenvalue weighted by atomic mass is 16.6. The molecule has 3 nitrogen and oxygen atoms in total. The second-order valence-corrected chi connectivity index (χ2v) is 12.3. The van der Waals surface area contributed by atoms with Crippen LogP contribution in [0.25, 0.3) is 0 Å². The van der Waals surface area contributed by atoms with Crippen molar-refractivity contribution < 1.29 is 14.3 Å². The molecule has 192 valence electrons. The molecule has 0 aromatic rings. The molecule has 0 saturated heterocycles. The number of hydrogen-bond acceptors (Lipinski definition) is 3. The van der Waals surface area contributed by atoms with E-state index < -0.39 is 11.0 Å². The smallest absolute Gasteiger partial charge is 0.169 e. The van der Waals surface area contributed by atoms with Crippen LogP contribution >= 0.6 is 0 Å². The maximum Gasteiger partial charge on any atom is 0.169 e. The fraction of sp³-hybridized carbons (Fsp3) is 0.966. The van der Waals surface area contributed by atoms with Crippen molar-refractivity contribution in [2.75, 3.05) is 0 Å². The summed E-state index contributed by atoms with van der Waals surface area (Å²) in [5.41, 5.74) is -1.24. The zero-order valence-corrected chi connectivity index (χ0v) is 24.3. The van der Waals surface area contributed by atoms with E-state index in [1.807, 2.05) is 20.8 Å². The molecule has 3 atom stereocenters. The van der Waals surface area contributed by atoms with Crippen molar-refractivity contribution in [1.29, 1.82) is 0 Å². The normalized spacial score (nSPS) is 17.7. The van der Waals surface area contributed by atoms with E-state index in [9.17, 15) is 4.79 Å². The summed E-state index contributed by atoms with van der Waals surface area (Å²) in [5, 5.41) is 0. The van der Waals surface area contributed by atoms with Gasteiger partial charge in [-0.2, -0.15) is 0 Å². The third kappa shape index (κ3) is 7.29. The Hall–Kier alpha value is -0.410. The third-order valence-electron chi connectivity index (χ3n) is 8.91. The van der Waals surface area contributed by atoms with Gasteiger partial charge in [-0.3, -0.25) is 4.79 Å². The molecule has 0 fully saturated rings. The molecule has 0 aliphatic heterocycles. The average molecular weight is 455 g/mol. The van der Waals surface area contributed by atoms with Gasteiger partial charge in [-0.15, -0.1) is 0 Å². The van der Waals surface area contributed by atoms with Gasteiger partial charge in [-0.1, -0.05) is 95.9 Å². The lowest BCUT2D eigenvalue weighted by atomic mass is 9.72. The van der Waals surface area contributed by atoms with Gasteiger partial charge in [0.15, 0.2) is 5.78 Å². The number of ketones is 1. The van der Waals surface area contributed by atoms with Crippen LogP contribution in [0.15, 0.2) is 0 Å². The fourth-order valence-corrected chi connectivity index (χ4v) is 4.93. The third-order valence-corrected chi connectivity index (χ3v) is 8.91. The Kier molecular flexibility index (Phi) is 11.7. The van der Waals surface area contributed by atoms with Crippen molar-refractivity contribution in [3.8, 4) is 0 Å². The molecular weight excluding hydrogens is 396 g/mol. The molecule has 0 aliphatic rings. The first-order chi connectivity index (χ1) is 14.5. The molecule has 3 heteroatoms. The first-order valence-electron chi connectivity index (χ1n) is 13.4. The van der Waals surface area contributed by atoms with Crippen LogP contribution in [0.1, 0.15) is 142 Å². The van der Waals surface area contributed by atoms with Crippen molar-refractivity contribution in [3.63, 3.8) is 0 Å². The Bertz CT molecular complexity index is 563. The predicted octanol–water partition coefficient (Wildman–Crippen LogP) is 8.77. The maximum atomic E-state index is 13.5. The number of carbonyl (C=O) groups excluding carboxylic acids is 1. The lowest BCUT2D eigenvalue weighted by Gasteiger charge is -2.49. The Morgan fingerprint density at radius 3 is 1.47 bits per heavy atom. The second-order valence-electron chi connectivity index (χ2n) is 12.3. The minimum atomic E-state index is -0.807. The van der Waals surface area contributed by atoms with E-state index in [1.54, 1.807) is 0 Å². The van der Waals surface area contributed by atoms with Crippen LogP contribution in [0, 0.1) is 16.2 Å². The molecular formula is C29H58O3. The summed E-state index contributed by atoms with van der Waals surface area (Å²) in [6.45, 7) is 30.5. The molecule has 0 aromatic heterocycles. The van der Waals surface area contributed by atoms with Gasteiger partial charge in [0, 0.05) is 5.41 Å². The van der Waals surface area contributed by atoms with Crippen LogP contribution in [0.3, 0.4) is 0 Å². The van der Waals surface area contributed by atoms with E-state index in [-0.39, 0.29) is 34.4 Å². The van der Waals surface area contributed by atoms with Crippen LogP contribution < -0.4 is 0 Å². The molecule has 32 heavy (non-hydrogen) atoms. The van der Waals surface area contributed by atoms with E-state index >= 15 is 0 Å². The van der Waals surface area contributed by atoms with Crippen molar-refractivity contribution in [3.05, 3.63) is 0 Å². The SMILES string of the molecule is CCC(C)(CC)CC(OC(CC)(CC)C(C)(C)C)C(C)OC(C)(CC)C(=O)C(C)(C)CC. The molecule has 0 heterocycles. The van der Waals surface area contributed by atoms with Crippen LogP contribution in [0.2, 0.25) is 0 Å². The molecule has 3 unspecified atom stereocenters. The molecule has 0 amide bonds. The van der Waals surface area contributed by atoms with E-state index in [2.05, 4.69) is 76.2 Å². The topological polar surface area (TPSA) is 35.5 Å². The van der Waals surface area contributed by atoms with E-state index in [0.717, 1.165) is 38.5 Å². The zero-order chi connectivity index (χ0) is 25.6. The summed E-state index contributed by atoms with van der Waals surface area (Å²) >= 11 is 0. The molecule has 0 spiro atoms. The summed E-state index contributed by atoms with van der Waals surface area (Å²) in [7, 11) is 0. The van der Waals surface area contributed by atoms with Gasteiger partial charge in [0.25, 0.3) is 0 Å². The summed E-state index contributed by atoms with van der Waals surface area (Å²) in [4.78, 5) is 13.5. The van der Waals surface area contributed by atoms with Gasteiger partial charge in [-0.25, -0.2) is 0 Å². The monoisotopic (exact) mass is 454 g/mol. The van der Waals surface area contributed by atoms with Crippen LogP contribution in [0.5, 0.6) is 0 Å². The van der Waals surface area contributed by atoms with Crippen LogP contribution in [-0.2, 0) is 14.3 Å². The molecule has 0 saturated carbocycles. The van der Waals surface area contributed by atoms with Gasteiger partial charge in [0.1, 0.15) is 5.60 Å². The Morgan fingerprint density at radius 1 is 0.688 bits per heavy atom. The number of ether oxygens (including phenoxy) is 2. The highest BCUT2D eigenvalue weighted by molar-refractivity contribution is 5.91. The van der Waals surface area contributed by atoms with Crippen LogP contribution in [0.4, 0.5) is 0 Å². The predicted molar refractivity (Wildman–Crippen MR) is 139 cm³/mol. The Labute approximate surface area is 201 Å². The molecule has 0 rings (SSSR count). The Balaban J connectivity index is 6.22. The lowest BCUT2D eigenvalue weighted by Crippen LogP contribution is -2.53. The van der Waals surface area contributed by atoms with Crippen molar-refractivity contribution >= 4 is 5.78 Å². The summed E-state index contributed by atoms with van der Waals surface area (Å²) < 4.78 is 13.8. The zero-order valence-electron chi connectivity index (χ0n) is 24.3. The number of carbonyl (C=O) groups is 1. The first kappa shape index (κ1) is 31.6. The van der Waals surface area contributed by atoms with Crippen molar-refractivity contribution in [2.24, 2.45) is 16.2 Å². The molecule has 0 radical (unpaired) electrons. The number of Topliss-reactive ketones (excluding diaryl/α,β-unsaturated/α-hetero) is 1.